The van der Waals surface area contributed by atoms with Crippen LogP contribution in [0, 0.1) is 0 Å². The molecule has 0 saturated carbocycles. The lowest BCUT2D eigenvalue weighted by Gasteiger charge is -2.47. The van der Waals surface area contributed by atoms with Gasteiger partial charge >= 0.3 is 0 Å². The Hall–Kier alpha value is -1.42. The molecule has 2 aliphatic heterocycles. The standard InChI is InChI=1S/C16H24N2O2/c1-4-12-9-17-16(3,5-2)10-18(12)13-6-7-14-15(8-13)20-11-19-14/h6-8,12,17H,4-5,9-11H2,1-3H3. The molecular weight excluding hydrogens is 252 g/mol. The van der Waals surface area contributed by atoms with Gasteiger partial charge in [-0.1, -0.05) is 13.8 Å². The number of nitrogens with one attached hydrogen (secondary N) is 1. The Balaban J connectivity index is 1.89. The fraction of sp³-hybridized carbons (Fsp3) is 0.625. The van der Waals surface area contributed by atoms with Gasteiger partial charge in [0, 0.05) is 36.4 Å². The van der Waals surface area contributed by atoms with Gasteiger partial charge in [0.05, 0.1) is 0 Å². The molecule has 0 radical (unpaired) electrons. The van der Waals surface area contributed by atoms with Crippen molar-refractivity contribution in [2.75, 3.05) is 24.8 Å². The van der Waals surface area contributed by atoms with Gasteiger partial charge in [0.15, 0.2) is 11.5 Å². The first kappa shape index (κ1) is 13.6. The maximum atomic E-state index is 5.51. The molecule has 0 aliphatic carbocycles. The fourth-order valence-corrected chi connectivity index (χ4v) is 3.00. The second-order valence-electron chi connectivity index (χ2n) is 6.02. The predicted octanol–water partition coefficient (Wildman–Crippen LogP) is 2.77. The number of anilines is 1. The highest BCUT2D eigenvalue weighted by Crippen LogP contribution is 2.37. The number of rotatable bonds is 3. The Morgan fingerprint density at radius 3 is 2.85 bits per heavy atom. The first-order valence-electron chi connectivity index (χ1n) is 7.56. The maximum Gasteiger partial charge on any atom is 0.231 e. The number of benzene rings is 1. The van der Waals surface area contributed by atoms with Gasteiger partial charge in [-0.2, -0.15) is 0 Å². The van der Waals surface area contributed by atoms with Crippen LogP contribution in [0.5, 0.6) is 11.5 Å². The molecule has 0 amide bonds. The molecule has 1 aromatic carbocycles. The Morgan fingerprint density at radius 1 is 1.30 bits per heavy atom. The molecule has 2 unspecified atom stereocenters. The van der Waals surface area contributed by atoms with E-state index < -0.39 is 0 Å². The summed E-state index contributed by atoms with van der Waals surface area (Å²) in [5.41, 5.74) is 1.42. The molecule has 1 fully saturated rings. The molecule has 4 nitrogen and oxygen atoms in total. The van der Waals surface area contributed by atoms with Crippen LogP contribution in [0.25, 0.3) is 0 Å². The number of fused-ring (bicyclic) bond motifs is 1. The van der Waals surface area contributed by atoms with Gasteiger partial charge in [-0.15, -0.1) is 0 Å². The molecule has 2 aliphatic rings. The third-order valence-corrected chi connectivity index (χ3v) is 4.66. The van der Waals surface area contributed by atoms with E-state index in [0.29, 0.717) is 12.8 Å². The van der Waals surface area contributed by atoms with Crippen molar-refractivity contribution in [3.05, 3.63) is 18.2 Å². The Bertz CT molecular complexity index is 491. The minimum atomic E-state index is 0.183. The van der Waals surface area contributed by atoms with Crippen LogP contribution in [0.15, 0.2) is 18.2 Å². The molecule has 1 saturated heterocycles. The predicted molar refractivity (Wildman–Crippen MR) is 80.7 cm³/mol. The average Bonchev–Trinajstić information content (AvgIpc) is 2.94. The molecule has 3 rings (SSSR count). The highest BCUT2D eigenvalue weighted by atomic mass is 16.7. The van der Waals surface area contributed by atoms with E-state index in [2.05, 4.69) is 43.1 Å². The van der Waals surface area contributed by atoms with Crippen LogP contribution in [0.2, 0.25) is 0 Å². The molecule has 0 spiro atoms. The summed E-state index contributed by atoms with van der Waals surface area (Å²) in [6.45, 7) is 9.21. The molecule has 0 aromatic heterocycles. The quantitative estimate of drug-likeness (QED) is 0.920. The van der Waals surface area contributed by atoms with Crippen LogP contribution in [0.1, 0.15) is 33.6 Å². The molecule has 20 heavy (non-hydrogen) atoms. The summed E-state index contributed by atoms with van der Waals surface area (Å²) in [5, 5.41) is 3.70. The zero-order valence-electron chi connectivity index (χ0n) is 12.6. The highest BCUT2D eigenvalue weighted by molar-refractivity contribution is 5.58. The van der Waals surface area contributed by atoms with Crippen molar-refractivity contribution in [2.24, 2.45) is 0 Å². The minimum absolute atomic E-state index is 0.183. The number of ether oxygens (including phenoxy) is 2. The van der Waals surface area contributed by atoms with E-state index in [4.69, 9.17) is 9.47 Å². The maximum absolute atomic E-state index is 5.51. The monoisotopic (exact) mass is 276 g/mol. The lowest BCUT2D eigenvalue weighted by atomic mass is 9.92. The summed E-state index contributed by atoms with van der Waals surface area (Å²) in [4.78, 5) is 2.52. The molecule has 1 aromatic rings. The van der Waals surface area contributed by atoms with E-state index in [9.17, 15) is 0 Å². The summed E-state index contributed by atoms with van der Waals surface area (Å²) in [7, 11) is 0. The lowest BCUT2D eigenvalue weighted by Crippen LogP contribution is -2.62. The van der Waals surface area contributed by atoms with Crippen molar-refractivity contribution in [1.82, 2.24) is 5.32 Å². The minimum Gasteiger partial charge on any atom is -0.454 e. The largest absolute Gasteiger partial charge is 0.454 e. The van der Waals surface area contributed by atoms with Crippen LogP contribution in [0.3, 0.4) is 0 Å². The number of hydrogen-bond acceptors (Lipinski definition) is 4. The van der Waals surface area contributed by atoms with Crippen molar-refractivity contribution >= 4 is 5.69 Å². The second-order valence-corrected chi connectivity index (χ2v) is 6.02. The van der Waals surface area contributed by atoms with Gasteiger partial charge in [-0.25, -0.2) is 0 Å². The van der Waals surface area contributed by atoms with Crippen molar-refractivity contribution < 1.29 is 9.47 Å². The topological polar surface area (TPSA) is 33.7 Å². The van der Waals surface area contributed by atoms with E-state index in [1.54, 1.807) is 0 Å². The second kappa shape index (κ2) is 5.17. The van der Waals surface area contributed by atoms with Crippen LogP contribution >= 0.6 is 0 Å². The SMILES string of the molecule is CCC1CNC(C)(CC)CN1c1ccc2c(c1)OCO2. The van der Waals surface area contributed by atoms with E-state index >= 15 is 0 Å². The first-order valence-corrected chi connectivity index (χ1v) is 7.56. The van der Waals surface area contributed by atoms with E-state index in [1.165, 1.54) is 5.69 Å². The number of nitrogens with zero attached hydrogens (tertiary/aromatic N) is 1. The van der Waals surface area contributed by atoms with Crippen molar-refractivity contribution in [3.8, 4) is 11.5 Å². The molecule has 2 atom stereocenters. The normalized spacial score (nSPS) is 28.8. The summed E-state index contributed by atoms with van der Waals surface area (Å²) < 4.78 is 10.9. The third kappa shape index (κ3) is 2.33. The van der Waals surface area contributed by atoms with Gasteiger partial charge in [-0.3, -0.25) is 0 Å². The number of hydrogen-bond donors (Lipinski definition) is 1. The summed E-state index contributed by atoms with van der Waals surface area (Å²) >= 11 is 0. The Labute approximate surface area is 121 Å². The van der Waals surface area contributed by atoms with Gasteiger partial charge in [0.2, 0.25) is 6.79 Å². The van der Waals surface area contributed by atoms with Crippen molar-refractivity contribution in [3.63, 3.8) is 0 Å². The number of piperazine rings is 1. The van der Waals surface area contributed by atoms with E-state index in [0.717, 1.165) is 37.4 Å². The smallest absolute Gasteiger partial charge is 0.231 e. The fourth-order valence-electron chi connectivity index (χ4n) is 3.00. The van der Waals surface area contributed by atoms with Gasteiger partial charge in [0.25, 0.3) is 0 Å². The molecular formula is C16H24N2O2. The van der Waals surface area contributed by atoms with Crippen LogP contribution in [0.4, 0.5) is 5.69 Å². The molecule has 1 N–H and O–H groups in total. The molecule has 2 heterocycles. The van der Waals surface area contributed by atoms with Gasteiger partial charge in [-0.05, 0) is 31.9 Å². The Kier molecular flexibility index (Phi) is 3.50. The van der Waals surface area contributed by atoms with Gasteiger partial charge < -0.3 is 19.7 Å². The summed E-state index contributed by atoms with van der Waals surface area (Å²) in [5.74, 6) is 1.73. The zero-order chi connectivity index (χ0) is 14.2. The molecule has 110 valence electrons. The van der Waals surface area contributed by atoms with Crippen LogP contribution in [-0.4, -0.2) is 31.5 Å². The van der Waals surface area contributed by atoms with Crippen molar-refractivity contribution in [2.45, 2.75) is 45.2 Å². The summed E-state index contributed by atoms with van der Waals surface area (Å²) in [6, 6.07) is 6.83. The highest BCUT2D eigenvalue weighted by Gasteiger charge is 2.34. The first-order chi connectivity index (χ1) is 9.65. The Morgan fingerprint density at radius 2 is 2.10 bits per heavy atom. The summed E-state index contributed by atoms with van der Waals surface area (Å²) in [6.07, 6.45) is 2.27. The molecule has 4 heteroatoms. The van der Waals surface area contributed by atoms with E-state index in [1.807, 2.05) is 6.07 Å². The van der Waals surface area contributed by atoms with E-state index in [-0.39, 0.29) is 5.54 Å². The average molecular weight is 276 g/mol. The van der Waals surface area contributed by atoms with Crippen LogP contribution in [-0.2, 0) is 0 Å². The van der Waals surface area contributed by atoms with Crippen molar-refractivity contribution in [1.29, 1.82) is 0 Å². The van der Waals surface area contributed by atoms with Crippen LogP contribution < -0.4 is 19.7 Å². The lowest BCUT2D eigenvalue weighted by molar-refractivity contribution is 0.174. The third-order valence-electron chi connectivity index (χ3n) is 4.66. The zero-order valence-corrected chi connectivity index (χ0v) is 12.6. The molecule has 0 bridgehead atoms. The van der Waals surface area contributed by atoms with Gasteiger partial charge in [0.1, 0.15) is 0 Å².